The third-order valence-electron chi connectivity index (χ3n) is 3.49. The predicted molar refractivity (Wildman–Crippen MR) is 121 cm³/mol. The molecule has 0 aliphatic rings. The summed E-state index contributed by atoms with van der Waals surface area (Å²) in [5, 5.41) is 18.5. The first-order valence-electron chi connectivity index (χ1n) is 8.11. The van der Waals surface area contributed by atoms with Crippen molar-refractivity contribution in [3.63, 3.8) is 0 Å². The summed E-state index contributed by atoms with van der Waals surface area (Å²) in [6.45, 7) is 0.0142. The third-order valence-corrected chi connectivity index (χ3v) is 4.68. The minimum atomic E-state index is -1.99. The van der Waals surface area contributed by atoms with E-state index in [1.807, 2.05) is 6.07 Å². The predicted octanol–water partition coefficient (Wildman–Crippen LogP) is 5.16. The van der Waals surface area contributed by atoms with Crippen LogP contribution in [-0.2, 0) is 11.3 Å². The number of carbonyl (C=O) groups excluding carboxylic acids is 1. The molecule has 13 heteroatoms. The van der Waals surface area contributed by atoms with E-state index in [1.165, 1.54) is 12.1 Å². The van der Waals surface area contributed by atoms with Gasteiger partial charge in [0.25, 0.3) is 5.69 Å². The molecule has 0 fully saturated rings. The molecule has 3 N–H and O–H groups in total. The highest BCUT2D eigenvalue weighted by molar-refractivity contribution is 7.80. The molecule has 0 aliphatic heterocycles. The first kappa shape index (κ1) is 24.2. The SMILES string of the molecule is O=C(N[C@@H](NC(=S)Nc1ccc([N+](=O)[O-])cc1Cl)C(Cl)(Cl)Cl)OCc1ccccc1. The molecule has 0 spiro atoms. The van der Waals surface area contributed by atoms with Crippen LogP contribution in [0.15, 0.2) is 48.5 Å². The van der Waals surface area contributed by atoms with Crippen molar-refractivity contribution in [1.29, 1.82) is 0 Å². The second kappa shape index (κ2) is 10.8. The Morgan fingerprint density at radius 1 is 1.17 bits per heavy atom. The molecule has 1 amide bonds. The van der Waals surface area contributed by atoms with Crippen LogP contribution in [0.3, 0.4) is 0 Å². The number of alkyl halides is 3. The molecule has 0 aliphatic carbocycles. The molecule has 0 saturated heterocycles. The maximum Gasteiger partial charge on any atom is 0.409 e. The molecule has 0 unspecified atom stereocenters. The lowest BCUT2D eigenvalue weighted by Crippen LogP contribution is -2.56. The Kier molecular flexibility index (Phi) is 8.75. The fourth-order valence-corrected chi connectivity index (χ4v) is 2.87. The highest BCUT2D eigenvalue weighted by atomic mass is 35.6. The number of nitro groups is 1. The number of non-ortho nitro benzene ring substituents is 1. The molecule has 2 rings (SSSR count). The number of hydrogen-bond donors (Lipinski definition) is 3. The van der Waals surface area contributed by atoms with Crippen LogP contribution in [0.4, 0.5) is 16.2 Å². The summed E-state index contributed by atoms with van der Waals surface area (Å²) in [5.74, 6) is 0. The molecule has 0 bridgehead atoms. The van der Waals surface area contributed by atoms with Crippen LogP contribution in [0.5, 0.6) is 0 Å². The Morgan fingerprint density at radius 3 is 2.40 bits per heavy atom. The monoisotopic (exact) mass is 510 g/mol. The molecule has 0 aromatic heterocycles. The molecule has 30 heavy (non-hydrogen) atoms. The van der Waals surface area contributed by atoms with E-state index in [-0.39, 0.29) is 28.1 Å². The van der Waals surface area contributed by atoms with Gasteiger partial charge in [-0.3, -0.25) is 15.4 Å². The topological polar surface area (TPSA) is 106 Å². The van der Waals surface area contributed by atoms with Crippen molar-refractivity contribution in [3.8, 4) is 0 Å². The second-order valence-electron chi connectivity index (χ2n) is 5.70. The number of anilines is 1. The van der Waals surface area contributed by atoms with Gasteiger partial charge in [-0.2, -0.15) is 0 Å². The van der Waals surface area contributed by atoms with Gasteiger partial charge in [-0.25, -0.2) is 4.79 Å². The van der Waals surface area contributed by atoms with Crippen molar-refractivity contribution in [1.82, 2.24) is 10.6 Å². The van der Waals surface area contributed by atoms with Gasteiger partial charge in [0.1, 0.15) is 6.61 Å². The summed E-state index contributed by atoms with van der Waals surface area (Å²) in [6.07, 6.45) is -2.11. The zero-order valence-electron chi connectivity index (χ0n) is 14.9. The standard InChI is InChI=1S/C17H14Cl4N4O4S/c18-12-8-11(25(27)28)6-7-13(12)22-15(30)23-14(17(19,20)21)24-16(26)29-9-10-4-2-1-3-5-10/h1-8,14H,9H2,(H,24,26)(H2,22,23,30)/t14-/m1/s1. The van der Waals surface area contributed by atoms with Crippen LogP contribution in [0, 0.1) is 10.1 Å². The number of amides is 1. The first-order chi connectivity index (χ1) is 14.1. The summed E-state index contributed by atoms with van der Waals surface area (Å²) >= 11 is 28.9. The van der Waals surface area contributed by atoms with E-state index in [9.17, 15) is 14.9 Å². The number of benzene rings is 2. The minimum absolute atomic E-state index is 0.0142. The van der Waals surface area contributed by atoms with Gasteiger partial charge in [-0.15, -0.1) is 0 Å². The van der Waals surface area contributed by atoms with E-state index in [1.54, 1.807) is 24.3 Å². The van der Waals surface area contributed by atoms with Gasteiger partial charge in [0, 0.05) is 12.1 Å². The van der Waals surface area contributed by atoms with E-state index in [4.69, 9.17) is 63.4 Å². The number of alkyl carbamates (subject to hydrolysis) is 1. The van der Waals surface area contributed by atoms with E-state index < -0.39 is 21.0 Å². The van der Waals surface area contributed by atoms with Gasteiger partial charge in [0.2, 0.25) is 3.79 Å². The first-order valence-corrected chi connectivity index (χ1v) is 10.0. The van der Waals surface area contributed by atoms with Crippen LogP contribution >= 0.6 is 58.6 Å². The summed E-state index contributed by atoms with van der Waals surface area (Å²) in [5.41, 5.74) is 0.858. The number of nitrogens with zero attached hydrogens (tertiary/aromatic N) is 1. The van der Waals surface area contributed by atoms with E-state index in [0.717, 1.165) is 11.6 Å². The molecular weight excluding hydrogens is 498 g/mol. The van der Waals surface area contributed by atoms with Gasteiger partial charge in [0.15, 0.2) is 11.3 Å². The lowest BCUT2D eigenvalue weighted by Gasteiger charge is -2.27. The van der Waals surface area contributed by atoms with Crippen LogP contribution in [0.1, 0.15) is 5.56 Å². The average molecular weight is 512 g/mol. The summed E-state index contributed by atoms with van der Waals surface area (Å²) in [4.78, 5) is 22.3. The summed E-state index contributed by atoms with van der Waals surface area (Å²) < 4.78 is 3.10. The highest BCUT2D eigenvalue weighted by Gasteiger charge is 2.35. The second-order valence-corrected chi connectivity index (χ2v) is 8.88. The summed E-state index contributed by atoms with van der Waals surface area (Å²) in [7, 11) is 0. The smallest absolute Gasteiger partial charge is 0.409 e. The van der Waals surface area contributed by atoms with Crippen molar-refractivity contribution < 1.29 is 14.5 Å². The quantitative estimate of drug-likeness (QED) is 0.162. The van der Waals surface area contributed by atoms with Gasteiger partial charge in [-0.05, 0) is 23.8 Å². The number of nitrogens with one attached hydrogen (secondary N) is 3. The maximum absolute atomic E-state index is 12.1. The number of halogens is 4. The fourth-order valence-electron chi connectivity index (χ4n) is 2.09. The Hall–Kier alpha value is -2.04. The van der Waals surface area contributed by atoms with Crippen LogP contribution in [0.2, 0.25) is 5.02 Å². The third kappa shape index (κ3) is 7.66. The molecule has 160 valence electrons. The zero-order chi connectivity index (χ0) is 22.3. The minimum Gasteiger partial charge on any atom is -0.445 e. The number of thiocarbonyl (C=S) groups is 1. The molecule has 0 radical (unpaired) electrons. The molecule has 0 saturated carbocycles. The average Bonchev–Trinajstić information content (AvgIpc) is 2.67. The Bertz CT molecular complexity index is 928. The summed E-state index contributed by atoms with van der Waals surface area (Å²) in [6, 6.07) is 12.7. The number of rotatable bonds is 6. The normalized spacial score (nSPS) is 11.9. The van der Waals surface area contributed by atoms with Gasteiger partial charge in [0.05, 0.1) is 15.6 Å². The number of hydrogen-bond acceptors (Lipinski definition) is 5. The van der Waals surface area contributed by atoms with Gasteiger partial charge in [-0.1, -0.05) is 76.7 Å². The van der Waals surface area contributed by atoms with Crippen molar-refractivity contribution in [2.75, 3.05) is 5.32 Å². The van der Waals surface area contributed by atoms with Crippen molar-refractivity contribution >= 4 is 81.2 Å². The lowest BCUT2D eigenvalue weighted by atomic mass is 10.2. The van der Waals surface area contributed by atoms with Crippen LogP contribution in [-0.4, -0.2) is 26.1 Å². The molecule has 0 heterocycles. The number of ether oxygens (including phenoxy) is 1. The fraction of sp³-hybridized carbons (Fsp3) is 0.176. The largest absolute Gasteiger partial charge is 0.445 e. The highest BCUT2D eigenvalue weighted by Crippen LogP contribution is 2.30. The van der Waals surface area contributed by atoms with Crippen molar-refractivity contribution in [2.24, 2.45) is 0 Å². The van der Waals surface area contributed by atoms with Gasteiger partial charge < -0.3 is 15.4 Å². The number of carbonyl (C=O) groups is 1. The van der Waals surface area contributed by atoms with E-state index in [2.05, 4.69) is 16.0 Å². The Morgan fingerprint density at radius 2 is 1.83 bits per heavy atom. The zero-order valence-corrected chi connectivity index (χ0v) is 18.7. The maximum atomic E-state index is 12.1. The molecule has 2 aromatic carbocycles. The van der Waals surface area contributed by atoms with Crippen LogP contribution < -0.4 is 16.0 Å². The van der Waals surface area contributed by atoms with E-state index in [0.29, 0.717) is 0 Å². The van der Waals surface area contributed by atoms with Crippen molar-refractivity contribution in [3.05, 3.63) is 69.2 Å². The van der Waals surface area contributed by atoms with Crippen LogP contribution in [0.25, 0.3) is 0 Å². The Labute approximate surface area is 196 Å². The molecule has 2 aromatic rings. The molecule has 1 atom stereocenters. The Balaban J connectivity index is 1.97. The number of nitro benzene ring substituents is 1. The lowest BCUT2D eigenvalue weighted by molar-refractivity contribution is -0.384. The molecular formula is C17H14Cl4N4O4S. The molecule has 8 nitrogen and oxygen atoms in total. The van der Waals surface area contributed by atoms with Gasteiger partial charge >= 0.3 is 6.09 Å². The van der Waals surface area contributed by atoms with E-state index >= 15 is 0 Å². The van der Waals surface area contributed by atoms with Crippen molar-refractivity contribution in [2.45, 2.75) is 16.6 Å².